The maximum atomic E-state index is 13.2. The van der Waals surface area contributed by atoms with E-state index in [1.54, 1.807) is 38.4 Å². The summed E-state index contributed by atoms with van der Waals surface area (Å²) in [6, 6.07) is 8.88. The van der Waals surface area contributed by atoms with E-state index in [4.69, 9.17) is 11.6 Å². The molecule has 136 valence electrons. The predicted octanol–water partition coefficient (Wildman–Crippen LogP) is 3.85. The Morgan fingerprint density at radius 3 is 2.56 bits per heavy atom. The summed E-state index contributed by atoms with van der Waals surface area (Å²) in [4.78, 5) is 5.82. The molecule has 0 amide bonds. The maximum absolute atomic E-state index is 13.2. The van der Waals surface area contributed by atoms with Crippen LogP contribution in [0, 0.1) is 0 Å². The van der Waals surface area contributed by atoms with Crippen LogP contribution >= 0.6 is 11.6 Å². The Labute approximate surface area is 149 Å². The van der Waals surface area contributed by atoms with Gasteiger partial charge in [-0.1, -0.05) is 12.1 Å². The van der Waals surface area contributed by atoms with Gasteiger partial charge in [-0.15, -0.1) is 11.6 Å². The molecule has 1 unspecified atom stereocenters. The number of aliphatic hydroxyl groups is 1. The highest BCUT2D eigenvalue weighted by Crippen LogP contribution is 2.34. The molecule has 0 aliphatic rings. The summed E-state index contributed by atoms with van der Waals surface area (Å²) in [5.74, 6) is 0.314. The van der Waals surface area contributed by atoms with Crippen molar-refractivity contribution in [3.8, 4) is 11.3 Å². The first kappa shape index (κ1) is 19.3. The zero-order chi connectivity index (χ0) is 18.6. The van der Waals surface area contributed by atoms with Crippen LogP contribution < -0.4 is 10.2 Å². The van der Waals surface area contributed by atoms with E-state index in [9.17, 15) is 18.3 Å². The maximum Gasteiger partial charge on any atom is 0.416 e. The topological polar surface area (TPSA) is 48.4 Å². The second-order valence-electron chi connectivity index (χ2n) is 5.76. The minimum atomic E-state index is -4.46. The largest absolute Gasteiger partial charge is 0.416 e. The van der Waals surface area contributed by atoms with Gasteiger partial charge in [0.2, 0.25) is 0 Å². The quantitative estimate of drug-likeness (QED) is 0.755. The van der Waals surface area contributed by atoms with Gasteiger partial charge in [-0.2, -0.15) is 13.2 Å². The molecule has 1 atom stereocenters. The van der Waals surface area contributed by atoms with Gasteiger partial charge in [-0.25, -0.2) is 4.98 Å². The highest BCUT2D eigenvalue weighted by atomic mass is 35.5. The Balaban J connectivity index is 2.38. The van der Waals surface area contributed by atoms with Gasteiger partial charge in [-0.3, -0.25) is 0 Å². The first-order chi connectivity index (χ1) is 11.7. The SMILES string of the molecule is CN(C)c1cc(C(F)(F)F)cc(-c2cccc(NCC(O)CCl)c2)n1. The van der Waals surface area contributed by atoms with Crippen molar-refractivity contribution >= 4 is 23.1 Å². The minimum absolute atomic E-state index is 0.0913. The van der Waals surface area contributed by atoms with Gasteiger partial charge < -0.3 is 15.3 Å². The van der Waals surface area contributed by atoms with Crippen LogP contribution in [0.1, 0.15) is 5.56 Å². The van der Waals surface area contributed by atoms with Crippen LogP contribution in [0.3, 0.4) is 0 Å². The number of hydrogen-bond acceptors (Lipinski definition) is 4. The number of rotatable bonds is 6. The van der Waals surface area contributed by atoms with Gasteiger partial charge in [0, 0.05) is 31.9 Å². The molecule has 0 aliphatic carbocycles. The van der Waals surface area contributed by atoms with Crippen molar-refractivity contribution in [1.82, 2.24) is 4.98 Å². The van der Waals surface area contributed by atoms with Gasteiger partial charge in [0.25, 0.3) is 0 Å². The van der Waals surface area contributed by atoms with Gasteiger partial charge in [0.1, 0.15) is 5.82 Å². The van der Waals surface area contributed by atoms with Crippen LogP contribution in [0.25, 0.3) is 11.3 Å². The first-order valence-corrected chi connectivity index (χ1v) is 8.09. The zero-order valence-electron chi connectivity index (χ0n) is 13.8. The van der Waals surface area contributed by atoms with Gasteiger partial charge in [0.15, 0.2) is 0 Å². The smallest absolute Gasteiger partial charge is 0.390 e. The lowest BCUT2D eigenvalue weighted by molar-refractivity contribution is -0.137. The van der Waals surface area contributed by atoms with E-state index in [0.29, 0.717) is 11.3 Å². The van der Waals surface area contributed by atoms with Gasteiger partial charge in [0.05, 0.1) is 23.2 Å². The van der Waals surface area contributed by atoms with Crippen LogP contribution in [0.5, 0.6) is 0 Å². The molecule has 0 saturated carbocycles. The highest BCUT2D eigenvalue weighted by molar-refractivity contribution is 6.18. The Hall–Kier alpha value is -1.99. The van der Waals surface area contributed by atoms with Crippen molar-refractivity contribution in [2.24, 2.45) is 0 Å². The number of anilines is 2. The number of halogens is 4. The fourth-order valence-electron chi connectivity index (χ4n) is 2.14. The number of aliphatic hydroxyl groups excluding tert-OH is 1. The van der Waals surface area contributed by atoms with E-state index >= 15 is 0 Å². The van der Waals surface area contributed by atoms with E-state index in [1.165, 1.54) is 4.90 Å². The fraction of sp³-hybridized carbons (Fsp3) is 0.353. The van der Waals surface area contributed by atoms with E-state index in [0.717, 1.165) is 12.1 Å². The number of pyridine rings is 1. The molecule has 1 aromatic heterocycles. The second-order valence-corrected chi connectivity index (χ2v) is 6.07. The third-order valence-corrected chi connectivity index (χ3v) is 3.83. The second kappa shape index (κ2) is 7.93. The van der Waals surface area contributed by atoms with E-state index in [1.807, 2.05) is 0 Å². The molecule has 0 fully saturated rings. The number of aromatic nitrogens is 1. The van der Waals surface area contributed by atoms with Crippen molar-refractivity contribution in [3.05, 3.63) is 42.0 Å². The molecular weight excluding hydrogens is 355 g/mol. The lowest BCUT2D eigenvalue weighted by atomic mass is 10.1. The summed E-state index contributed by atoms with van der Waals surface area (Å²) in [6.07, 6.45) is -5.17. The molecule has 0 saturated heterocycles. The molecule has 8 heteroatoms. The third kappa shape index (κ3) is 5.24. The van der Waals surface area contributed by atoms with E-state index < -0.39 is 17.8 Å². The Morgan fingerprint density at radius 1 is 1.24 bits per heavy atom. The van der Waals surface area contributed by atoms with Crippen molar-refractivity contribution in [2.75, 3.05) is 36.7 Å². The molecule has 0 radical (unpaired) electrons. The summed E-state index contributed by atoms with van der Waals surface area (Å²) < 4.78 is 39.5. The van der Waals surface area contributed by atoms with E-state index in [-0.39, 0.29) is 23.9 Å². The molecule has 25 heavy (non-hydrogen) atoms. The van der Waals surface area contributed by atoms with Crippen molar-refractivity contribution in [1.29, 1.82) is 0 Å². The normalized spacial score (nSPS) is 12.8. The number of nitrogens with one attached hydrogen (secondary N) is 1. The lowest BCUT2D eigenvalue weighted by Crippen LogP contribution is -2.20. The highest BCUT2D eigenvalue weighted by Gasteiger charge is 2.32. The average Bonchev–Trinajstić information content (AvgIpc) is 2.58. The standard InChI is InChI=1S/C17H19ClF3N3O/c1-24(2)16-8-12(17(19,20)21)7-15(23-16)11-4-3-5-13(6-11)22-10-14(25)9-18/h3-8,14,22,25H,9-10H2,1-2H3. The zero-order valence-corrected chi connectivity index (χ0v) is 14.6. The number of nitrogens with zero attached hydrogens (tertiary/aromatic N) is 2. The summed E-state index contributed by atoms with van der Waals surface area (Å²) in [5, 5.41) is 12.5. The van der Waals surface area contributed by atoms with Crippen molar-refractivity contribution < 1.29 is 18.3 Å². The molecule has 2 N–H and O–H groups in total. The Morgan fingerprint density at radius 2 is 1.96 bits per heavy atom. The molecule has 1 heterocycles. The fourth-order valence-corrected chi connectivity index (χ4v) is 2.24. The number of alkyl halides is 4. The van der Waals surface area contributed by atoms with Crippen LogP contribution in [-0.2, 0) is 6.18 Å². The Kier molecular flexibility index (Phi) is 6.13. The van der Waals surface area contributed by atoms with Gasteiger partial charge in [-0.05, 0) is 24.3 Å². The van der Waals surface area contributed by atoms with E-state index in [2.05, 4.69) is 10.3 Å². The molecule has 0 bridgehead atoms. The average molecular weight is 374 g/mol. The summed E-state index contributed by atoms with van der Waals surface area (Å²) >= 11 is 5.54. The van der Waals surface area contributed by atoms with Crippen molar-refractivity contribution in [2.45, 2.75) is 12.3 Å². The first-order valence-electron chi connectivity index (χ1n) is 7.55. The van der Waals surface area contributed by atoms with Crippen molar-refractivity contribution in [3.63, 3.8) is 0 Å². The molecule has 1 aromatic carbocycles. The predicted molar refractivity (Wildman–Crippen MR) is 94.2 cm³/mol. The lowest BCUT2D eigenvalue weighted by Gasteiger charge is -2.17. The molecule has 4 nitrogen and oxygen atoms in total. The molecule has 2 aromatic rings. The van der Waals surface area contributed by atoms with Crippen LogP contribution in [-0.4, -0.2) is 42.7 Å². The Bertz CT molecular complexity index is 723. The summed E-state index contributed by atoms with van der Waals surface area (Å²) in [6.45, 7) is 0.242. The minimum Gasteiger partial charge on any atom is -0.390 e. The molecule has 0 spiro atoms. The van der Waals surface area contributed by atoms with Gasteiger partial charge >= 0.3 is 6.18 Å². The number of benzene rings is 1. The number of hydrogen-bond donors (Lipinski definition) is 2. The summed E-state index contributed by atoms with van der Waals surface area (Å²) in [7, 11) is 3.27. The molecular formula is C17H19ClF3N3O. The van der Waals surface area contributed by atoms with Crippen LogP contribution in [0.15, 0.2) is 36.4 Å². The molecule has 0 aliphatic heterocycles. The molecule has 2 rings (SSSR count). The summed E-state index contributed by atoms with van der Waals surface area (Å²) in [5.41, 5.74) is 0.670. The monoisotopic (exact) mass is 373 g/mol. The third-order valence-electron chi connectivity index (χ3n) is 3.48. The van der Waals surface area contributed by atoms with Crippen LogP contribution in [0.4, 0.5) is 24.7 Å². The van der Waals surface area contributed by atoms with Crippen LogP contribution in [0.2, 0.25) is 0 Å².